The highest BCUT2D eigenvalue weighted by molar-refractivity contribution is 7.17. The molecule has 1 aliphatic carbocycles. The van der Waals surface area contributed by atoms with Gasteiger partial charge in [0.05, 0.1) is 15.6 Å². The van der Waals surface area contributed by atoms with E-state index < -0.39 is 11.9 Å². The topological polar surface area (TPSA) is 84.2 Å². The zero-order valence-corrected chi connectivity index (χ0v) is 19.0. The van der Waals surface area contributed by atoms with Crippen LogP contribution in [0.2, 0.25) is 10.0 Å². The number of nitrogens with two attached hydrogens (primary N) is 1. The molecule has 0 radical (unpaired) electrons. The maximum atomic E-state index is 12.5. The molecule has 3 rings (SSSR count). The predicted octanol–water partition coefficient (Wildman–Crippen LogP) is 6.34. The Labute approximate surface area is 185 Å². The van der Waals surface area contributed by atoms with E-state index in [1.165, 1.54) is 11.3 Å². The molecule has 0 fully saturated rings. The lowest BCUT2D eigenvalue weighted by molar-refractivity contribution is 0.1000. The van der Waals surface area contributed by atoms with Crippen LogP contribution in [0.3, 0.4) is 0 Å². The Hall–Kier alpha value is -1.76. The molecule has 0 spiro atoms. The van der Waals surface area contributed by atoms with Gasteiger partial charge in [-0.2, -0.15) is 0 Å². The number of fused-ring (bicyclic) bond motifs is 1. The van der Waals surface area contributed by atoms with Crippen LogP contribution in [0.5, 0.6) is 0 Å². The van der Waals surface area contributed by atoms with E-state index >= 15 is 0 Å². The van der Waals surface area contributed by atoms with Gasteiger partial charge in [0.1, 0.15) is 5.00 Å². The second kappa shape index (κ2) is 8.54. The highest BCUT2D eigenvalue weighted by atomic mass is 35.5. The van der Waals surface area contributed by atoms with Crippen LogP contribution in [0.15, 0.2) is 18.2 Å². The molecule has 1 heterocycles. The van der Waals surface area contributed by atoms with Crippen molar-refractivity contribution in [1.29, 1.82) is 0 Å². The van der Waals surface area contributed by atoms with Crippen molar-refractivity contribution in [3.63, 3.8) is 0 Å². The number of halogens is 2. The fraction of sp³-hybridized carbons (Fsp3) is 0.429. The van der Waals surface area contributed by atoms with Gasteiger partial charge in [0.2, 0.25) is 0 Å². The summed E-state index contributed by atoms with van der Waals surface area (Å²) in [5, 5.41) is 6.75. The van der Waals surface area contributed by atoms with Gasteiger partial charge in [-0.3, -0.25) is 10.1 Å². The number of hydrogen-bond donors (Lipinski definition) is 3. The Kier molecular flexibility index (Phi) is 6.46. The molecule has 156 valence electrons. The number of anilines is 2. The average Bonchev–Trinajstić information content (AvgIpc) is 3.01. The van der Waals surface area contributed by atoms with Crippen LogP contribution in [-0.4, -0.2) is 11.9 Å². The summed E-state index contributed by atoms with van der Waals surface area (Å²) in [6.45, 7) is 6.78. The third-order valence-electron chi connectivity index (χ3n) is 5.93. The number of benzene rings is 1. The minimum absolute atomic E-state index is 0.230. The SMILES string of the molecule is CCC(C)(C)[C@H]1CCc2c(sc(NC(=O)Nc3ccc(Cl)c(Cl)c3)c2C(N)=O)C1. The van der Waals surface area contributed by atoms with Crippen molar-refractivity contribution in [2.24, 2.45) is 17.1 Å². The highest BCUT2D eigenvalue weighted by Gasteiger charge is 2.35. The van der Waals surface area contributed by atoms with E-state index in [4.69, 9.17) is 28.9 Å². The Bertz CT molecular complexity index is 956. The summed E-state index contributed by atoms with van der Waals surface area (Å²) in [6.07, 6.45) is 3.81. The lowest BCUT2D eigenvalue weighted by Crippen LogP contribution is -2.29. The number of hydrogen-bond acceptors (Lipinski definition) is 3. The molecule has 0 saturated carbocycles. The van der Waals surface area contributed by atoms with Crippen LogP contribution in [0, 0.1) is 11.3 Å². The predicted molar refractivity (Wildman–Crippen MR) is 122 cm³/mol. The van der Waals surface area contributed by atoms with Crippen LogP contribution in [0.1, 0.15) is 54.4 Å². The third kappa shape index (κ3) is 4.71. The van der Waals surface area contributed by atoms with Crippen molar-refractivity contribution in [3.8, 4) is 0 Å². The monoisotopic (exact) mass is 453 g/mol. The number of nitrogens with one attached hydrogen (secondary N) is 2. The van der Waals surface area contributed by atoms with Gasteiger partial charge >= 0.3 is 6.03 Å². The Balaban J connectivity index is 1.82. The van der Waals surface area contributed by atoms with Crippen molar-refractivity contribution in [2.45, 2.75) is 46.5 Å². The largest absolute Gasteiger partial charge is 0.365 e. The zero-order chi connectivity index (χ0) is 21.3. The van der Waals surface area contributed by atoms with Gasteiger partial charge in [0, 0.05) is 10.6 Å². The smallest absolute Gasteiger partial charge is 0.324 e. The molecule has 1 aliphatic rings. The molecule has 1 atom stereocenters. The van der Waals surface area contributed by atoms with Gasteiger partial charge < -0.3 is 11.1 Å². The van der Waals surface area contributed by atoms with Crippen molar-refractivity contribution < 1.29 is 9.59 Å². The second-order valence-corrected chi connectivity index (χ2v) is 9.98. The summed E-state index contributed by atoms with van der Waals surface area (Å²) in [5.41, 5.74) is 7.81. The van der Waals surface area contributed by atoms with Crippen LogP contribution >= 0.6 is 34.5 Å². The highest BCUT2D eigenvalue weighted by Crippen LogP contribution is 2.45. The quantitative estimate of drug-likeness (QED) is 0.493. The first kappa shape index (κ1) is 21.9. The molecule has 3 amide bonds. The number of carbonyl (C=O) groups is 2. The normalized spacial score (nSPS) is 16.2. The molecule has 2 aromatic rings. The summed E-state index contributed by atoms with van der Waals surface area (Å²) in [5.74, 6) is 0.0257. The average molecular weight is 454 g/mol. The Morgan fingerprint density at radius 1 is 1.24 bits per heavy atom. The molecule has 5 nitrogen and oxygen atoms in total. The van der Waals surface area contributed by atoms with Crippen molar-refractivity contribution in [3.05, 3.63) is 44.2 Å². The fourth-order valence-corrected chi connectivity index (χ4v) is 5.36. The summed E-state index contributed by atoms with van der Waals surface area (Å²) in [7, 11) is 0. The molecular formula is C21H25Cl2N3O2S. The number of carbonyl (C=O) groups excluding carboxylic acids is 2. The number of primary amides is 1. The van der Waals surface area contributed by atoms with Crippen LogP contribution in [0.4, 0.5) is 15.5 Å². The lowest BCUT2D eigenvalue weighted by atomic mass is 9.69. The van der Waals surface area contributed by atoms with Gasteiger partial charge in [-0.05, 0) is 54.4 Å². The van der Waals surface area contributed by atoms with Crippen molar-refractivity contribution in [2.75, 3.05) is 10.6 Å². The first-order chi connectivity index (χ1) is 13.6. The van der Waals surface area contributed by atoms with Crippen LogP contribution < -0.4 is 16.4 Å². The first-order valence-electron chi connectivity index (χ1n) is 9.59. The lowest BCUT2D eigenvalue weighted by Gasteiger charge is -2.36. The summed E-state index contributed by atoms with van der Waals surface area (Å²) in [6, 6.07) is 4.36. The minimum Gasteiger partial charge on any atom is -0.365 e. The number of rotatable bonds is 5. The van der Waals surface area contributed by atoms with Gasteiger partial charge in [-0.15, -0.1) is 11.3 Å². The maximum absolute atomic E-state index is 12.5. The van der Waals surface area contributed by atoms with Gasteiger partial charge in [-0.1, -0.05) is 50.4 Å². The summed E-state index contributed by atoms with van der Waals surface area (Å²) < 4.78 is 0. The number of thiophene rings is 1. The molecular weight excluding hydrogens is 429 g/mol. The van der Waals surface area contributed by atoms with Crippen LogP contribution in [-0.2, 0) is 12.8 Å². The van der Waals surface area contributed by atoms with Crippen molar-refractivity contribution in [1.82, 2.24) is 0 Å². The number of urea groups is 1. The van der Waals surface area contributed by atoms with Crippen molar-refractivity contribution >= 4 is 57.2 Å². The van der Waals surface area contributed by atoms with Gasteiger partial charge in [-0.25, -0.2) is 4.79 Å². The Morgan fingerprint density at radius 3 is 2.59 bits per heavy atom. The first-order valence-corrected chi connectivity index (χ1v) is 11.2. The molecule has 0 saturated heterocycles. The van der Waals surface area contributed by atoms with E-state index in [9.17, 15) is 9.59 Å². The molecule has 0 aliphatic heterocycles. The fourth-order valence-electron chi connectivity index (χ4n) is 3.73. The molecule has 29 heavy (non-hydrogen) atoms. The standard InChI is InChI=1S/C21H25Cl2N3O2S/c1-4-21(2,3)11-5-7-13-16(9-11)29-19(17(13)18(24)27)26-20(28)25-12-6-8-14(22)15(23)10-12/h6,8,10-11H,4-5,7,9H2,1-3H3,(H2,24,27)(H2,25,26,28)/t11-/m0/s1. The van der Waals surface area contributed by atoms with E-state index in [1.807, 2.05) is 0 Å². The van der Waals surface area contributed by atoms with E-state index in [2.05, 4.69) is 31.4 Å². The summed E-state index contributed by atoms with van der Waals surface area (Å²) >= 11 is 13.3. The van der Waals surface area contributed by atoms with Gasteiger partial charge in [0.15, 0.2) is 0 Å². The summed E-state index contributed by atoms with van der Waals surface area (Å²) in [4.78, 5) is 25.8. The van der Waals surface area contributed by atoms with E-state index in [0.29, 0.717) is 32.2 Å². The molecule has 0 bridgehead atoms. The third-order valence-corrected chi connectivity index (χ3v) is 7.84. The molecule has 8 heteroatoms. The number of amides is 3. The molecule has 4 N–H and O–H groups in total. The zero-order valence-electron chi connectivity index (χ0n) is 16.7. The van der Waals surface area contributed by atoms with E-state index in [1.54, 1.807) is 18.2 Å². The molecule has 0 unspecified atom stereocenters. The van der Waals surface area contributed by atoms with E-state index in [-0.39, 0.29) is 5.41 Å². The van der Waals surface area contributed by atoms with Gasteiger partial charge in [0.25, 0.3) is 5.91 Å². The molecule has 1 aromatic heterocycles. The molecule has 1 aromatic carbocycles. The Morgan fingerprint density at radius 2 is 1.97 bits per heavy atom. The van der Waals surface area contributed by atoms with Crippen LogP contribution in [0.25, 0.3) is 0 Å². The minimum atomic E-state index is -0.513. The second-order valence-electron chi connectivity index (χ2n) is 8.06. The van der Waals surface area contributed by atoms with E-state index in [0.717, 1.165) is 36.1 Å². The maximum Gasteiger partial charge on any atom is 0.324 e.